The van der Waals surface area contributed by atoms with E-state index in [1.54, 1.807) is 23.5 Å². The number of thiophene rings is 1. The maximum Gasteiger partial charge on any atom is 0.295 e. The Morgan fingerprint density at radius 2 is 1.90 bits per heavy atom. The van der Waals surface area contributed by atoms with E-state index in [1.807, 2.05) is 30.7 Å². The summed E-state index contributed by atoms with van der Waals surface area (Å²) >= 11 is 1.54. The zero-order chi connectivity index (χ0) is 27.1. The van der Waals surface area contributed by atoms with Crippen LogP contribution in [0.4, 0.5) is 11.4 Å². The molecule has 2 N–H and O–H groups in total. The third-order valence-corrected chi connectivity index (χ3v) is 7.61. The van der Waals surface area contributed by atoms with Crippen molar-refractivity contribution in [1.29, 1.82) is 0 Å². The van der Waals surface area contributed by atoms with Gasteiger partial charge >= 0.3 is 0 Å². The summed E-state index contributed by atoms with van der Waals surface area (Å²) in [6, 6.07) is 5.48. The minimum absolute atomic E-state index is 0.0443. The summed E-state index contributed by atoms with van der Waals surface area (Å²) in [5, 5.41) is 21.9. The number of anilines is 2. The van der Waals surface area contributed by atoms with E-state index in [9.17, 15) is 14.4 Å². The lowest BCUT2D eigenvalue weighted by molar-refractivity contribution is -0.116. The fourth-order valence-corrected chi connectivity index (χ4v) is 5.48. The van der Waals surface area contributed by atoms with Gasteiger partial charge in [-0.2, -0.15) is 16.0 Å². The lowest BCUT2D eigenvalue weighted by Gasteiger charge is -2.13. The first kappa shape index (κ1) is 24.9. The fourth-order valence-electron chi connectivity index (χ4n) is 4.85. The highest BCUT2D eigenvalue weighted by Crippen LogP contribution is 2.33. The van der Waals surface area contributed by atoms with E-state index < -0.39 is 5.91 Å². The number of aryl methyl sites for hydroxylation is 3. The van der Waals surface area contributed by atoms with Crippen molar-refractivity contribution in [3.8, 4) is 11.5 Å². The summed E-state index contributed by atoms with van der Waals surface area (Å²) in [6.07, 6.45) is 3.66. The molecular formula is C27H25N7O4S. The van der Waals surface area contributed by atoms with E-state index in [0.29, 0.717) is 41.8 Å². The summed E-state index contributed by atoms with van der Waals surface area (Å²) in [7, 11) is 0. The molecule has 1 aromatic carbocycles. The van der Waals surface area contributed by atoms with Gasteiger partial charge in [-0.1, -0.05) is 5.57 Å². The Morgan fingerprint density at radius 3 is 2.67 bits per heavy atom. The van der Waals surface area contributed by atoms with Crippen molar-refractivity contribution in [3.05, 3.63) is 68.8 Å². The Bertz CT molecular complexity index is 1650. The van der Waals surface area contributed by atoms with Crippen molar-refractivity contribution < 1.29 is 18.8 Å². The molecule has 0 fully saturated rings. The lowest BCUT2D eigenvalue weighted by atomic mass is 10.0. The predicted octanol–water partition coefficient (Wildman–Crippen LogP) is 4.51. The van der Waals surface area contributed by atoms with E-state index >= 15 is 0 Å². The van der Waals surface area contributed by atoms with Crippen molar-refractivity contribution in [2.75, 3.05) is 10.6 Å². The zero-order valence-corrected chi connectivity index (χ0v) is 22.2. The Kier molecular flexibility index (Phi) is 6.39. The molecule has 0 bridgehead atoms. The van der Waals surface area contributed by atoms with Crippen LogP contribution in [0.15, 0.2) is 44.5 Å². The number of allylic oxidation sites excluding steroid dienone is 2. The number of hydrogen-bond acceptors (Lipinski definition) is 9. The smallest absolute Gasteiger partial charge is 0.295 e. The van der Waals surface area contributed by atoms with Crippen LogP contribution in [0.2, 0.25) is 0 Å². The van der Waals surface area contributed by atoms with E-state index in [-0.39, 0.29) is 24.1 Å². The number of aromatic nitrogens is 5. The average Bonchev–Trinajstić information content (AvgIpc) is 3.71. The molecule has 0 saturated carbocycles. The zero-order valence-electron chi connectivity index (χ0n) is 21.4. The van der Waals surface area contributed by atoms with Crippen LogP contribution < -0.4 is 10.6 Å². The van der Waals surface area contributed by atoms with Gasteiger partial charge in [-0.25, -0.2) is 4.98 Å². The quantitative estimate of drug-likeness (QED) is 0.346. The molecule has 4 heterocycles. The molecule has 6 rings (SSSR count). The summed E-state index contributed by atoms with van der Waals surface area (Å²) in [6.45, 7) is 3.67. The summed E-state index contributed by atoms with van der Waals surface area (Å²) in [5.41, 5.74) is 5.51. The summed E-state index contributed by atoms with van der Waals surface area (Å²) < 4.78 is 6.90. The average molecular weight is 544 g/mol. The molecule has 0 spiro atoms. The van der Waals surface area contributed by atoms with Crippen molar-refractivity contribution in [2.24, 2.45) is 0 Å². The third-order valence-electron chi connectivity index (χ3n) is 6.93. The minimum Gasteiger partial charge on any atom is -0.421 e. The maximum absolute atomic E-state index is 12.9. The molecular weight excluding hydrogens is 518 g/mol. The molecule has 0 atom stereocenters. The second-order valence-electron chi connectivity index (χ2n) is 9.68. The van der Waals surface area contributed by atoms with Crippen LogP contribution in [-0.2, 0) is 17.6 Å². The molecule has 2 aliphatic rings. The van der Waals surface area contributed by atoms with E-state index in [0.717, 1.165) is 47.1 Å². The number of benzene rings is 1. The predicted molar refractivity (Wildman–Crippen MR) is 144 cm³/mol. The van der Waals surface area contributed by atoms with Crippen LogP contribution in [0.25, 0.3) is 11.5 Å². The van der Waals surface area contributed by atoms with E-state index in [4.69, 9.17) is 4.42 Å². The van der Waals surface area contributed by atoms with Crippen molar-refractivity contribution in [1.82, 2.24) is 25.0 Å². The maximum atomic E-state index is 12.9. The topological polar surface area (TPSA) is 145 Å². The van der Waals surface area contributed by atoms with Crippen LogP contribution in [-0.4, -0.2) is 42.7 Å². The van der Waals surface area contributed by atoms with E-state index in [2.05, 4.69) is 30.9 Å². The highest BCUT2D eigenvalue weighted by molar-refractivity contribution is 7.08. The first-order valence-electron chi connectivity index (χ1n) is 12.6. The van der Waals surface area contributed by atoms with Gasteiger partial charge in [0.05, 0.1) is 0 Å². The number of rotatable bonds is 7. The van der Waals surface area contributed by atoms with Crippen molar-refractivity contribution >= 4 is 40.4 Å². The number of hydrogen-bond donors (Lipinski definition) is 2. The molecule has 11 nitrogen and oxygen atoms in total. The standard InChI is InChI=1S/C27H25N7O4S/c1-14-11-20(29-25(36)24-30-21-12-16-4-3-5-18(16)27(37)34(21)33-24)15(2)10-19(14)28-22(35)6-7-23-31-32-26(38-23)17-8-9-39-13-17/h8-11,13H,3-7,12H2,1-2H3,(H,28,35)(H,29,36). The SMILES string of the molecule is Cc1cc(NC(=O)c2nc3n(n2)C(=O)C2=C(CCC2)C3)c(C)cc1NC(=O)CCc1nnc(-c2ccsc2)o1. The molecule has 1 aliphatic heterocycles. The van der Waals surface area contributed by atoms with Gasteiger partial charge < -0.3 is 15.1 Å². The largest absolute Gasteiger partial charge is 0.421 e. The molecule has 2 amide bonds. The van der Waals surface area contributed by atoms with Gasteiger partial charge in [-0.3, -0.25) is 14.4 Å². The summed E-state index contributed by atoms with van der Waals surface area (Å²) in [5.74, 6) is 0.428. The molecule has 0 radical (unpaired) electrons. The van der Waals surface area contributed by atoms with Gasteiger partial charge in [0.2, 0.25) is 23.5 Å². The summed E-state index contributed by atoms with van der Waals surface area (Å²) in [4.78, 5) is 42.6. The molecule has 39 heavy (non-hydrogen) atoms. The van der Waals surface area contributed by atoms with Gasteiger partial charge in [0.15, 0.2) is 0 Å². The monoisotopic (exact) mass is 543 g/mol. The number of carbonyl (C=O) groups excluding carboxylic acids is 3. The molecule has 3 aromatic heterocycles. The molecule has 0 unspecified atom stereocenters. The van der Waals surface area contributed by atoms with Crippen LogP contribution in [0.1, 0.15) is 63.9 Å². The first-order valence-corrected chi connectivity index (χ1v) is 13.6. The number of nitrogens with one attached hydrogen (secondary N) is 2. The van der Waals surface area contributed by atoms with Crippen LogP contribution in [0, 0.1) is 13.8 Å². The van der Waals surface area contributed by atoms with Crippen LogP contribution >= 0.6 is 11.3 Å². The second-order valence-corrected chi connectivity index (χ2v) is 10.5. The number of nitrogens with zero attached hydrogens (tertiary/aromatic N) is 5. The first-order chi connectivity index (χ1) is 18.9. The molecule has 0 saturated heterocycles. The minimum atomic E-state index is -0.495. The Balaban J connectivity index is 1.08. The second kappa shape index (κ2) is 10.0. The molecule has 12 heteroatoms. The molecule has 4 aromatic rings. The number of fused-ring (bicyclic) bond motifs is 1. The Labute approximate surface area is 227 Å². The Hall–Kier alpha value is -4.45. The third kappa shape index (κ3) is 4.90. The van der Waals surface area contributed by atoms with Crippen molar-refractivity contribution in [2.45, 2.75) is 52.4 Å². The Morgan fingerprint density at radius 1 is 1.10 bits per heavy atom. The normalized spacial score (nSPS) is 14.4. The number of amides is 2. The highest BCUT2D eigenvalue weighted by Gasteiger charge is 2.32. The fraction of sp³-hybridized carbons (Fsp3) is 0.296. The van der Waals surface area contributed by atoms with Gasteiger partial charge in [0.25, 0.3) is 11.8 Å². The van der Waals surface area contributed by atoms with Gasteiger partial charge in [0.1, 0.15) is 5.82 Å². The highest BCUT2D eigenvalue weighted by atomic mass is 32.1. The van der Waals surface area contributed by atoms with E-state index in [1.165, 1.54) is 4.68 Å². The van der Waals surface area contributed by atoms with Gasteiger partial charge in [-0.05, 0) is 67.8 Å². The molecule has 1 aliphatic carbocycles. The lowest BCUT2D eigenvalue weighted by Crippen LogP contribution is -2.23. The van der Waals surface area contributed by atoms with Crippen LogP contribution in [0.3, 0.4) is 0 Å². The van der Waals surface area contributed by atoms with Gasteiger partial charge in [0, 0.05) is 47.2 Å². The molecule has 198 valence electrons. The van der Waals surface area contributed by atoms with Crippen molar-refractivity contribution in [3.63, 3.8) is 0 Å². The van der Waals surface area contributed by atoms with Crippen LogP contribution in [0.5, 0.6) is 0 Å². The number of carbonyl (C=O) groups is 3. The van der Waals surface area contributed by atoms with Gasteiger partial charge in [-0.15, -0.1) is 15.3 Å².